The Morgan fingerprint density at radius 2 is 2.16 bits per heavy atom. The molecule has 1 rings (SSSR count). The zero-order valence-corrected chi connectivity index (χ0v) is 13.6. The maximum absolute atomic E-state index is 11.9. The fourth-order valence-corrected chi connectivity index (χ4v) is 2.21. The van der Waals surface area contributed by atoms with Crippen LogP contribution in [0.1, 0.15) is 33.1 Å². The quantitative estimate of drug-likeness (QED) is 0.725. The van der Waals surface area contributed by atoms with Crippen molar-refractivity contribution >= 4 is 39.1 Å². The molecule has 0 saturated carbocycles. The van der Waals surface area contributed by atoms with Crippen LogP contribution >= 0.6 is 27.5 Å². The minimum atomic E-state index is -0.295. The maximum Gasteiger partial charge on any atom is 0.242 e. The molecule has 1 amide bonds. The molecule has 0 heterocycles. The van der Waals surface area contributed by atoms with Crippen LogP contribution in [0.15, 0.2) is 22.7 Å². The van der Waals surface area contributed by atoms with Crippen molar-refractivity contribution in [1.82, 2.24) is 5.32 Å². The number of carbonyl (C=O) groups excluding carboxylic acids is 1. The van der Waals surface area contributed by atoms with Crippen molar-refractivity contribution in [2.45, 2.75) is 39.2 Å². The molecule has 1 atom stereocenters. The van der Waals surface area contributed by atoms with Gasteiger partial charge in [0.15, 0.2) is 0 Å². The zero-order valence-electron chi connectivity index (χ0n) is 11.3. The van der Waals surface area contributed by atoms with Gasteiger partial charge >= 0.3 is 0 Å². The average molecular weight is 348 g/mol. The highest BCUT2D eigenvalue weighted by Gasteiger charge is 2.13. The third-order valence-corrected chi connectivity index (χ3v) is 4.19. The standard InChI is InChI=1S/C14H20BrClN2O/c1-3-4-5-9-17-14(19)10(2)18-12-8-6-7-11(16)13(12)15/h6-8,10,18H,3-5,9H2,1-2H3,(H,17,19). The van der Waals surface area contributed by atoms with Gasteiger partial charge in [-0.15, -0.1) is 0 Å². The summed E-state index contributed by atoms with van der Waals surface area (Å²) in [6.07, 6.45) is 3.32. The first-order valence-corrected chi connectivity index (χ1v) is 7.71. The highest BCUT2D eigenvalue weighted by molar-refractivity contribution is 9.10. The smallest absolute Gasteiger partial charge is 0.242 e. The van der Waals surface area contributed by atoms with Crippen LogP contribution in [0.4, 0.5) is 5.69 Å². The van der Waals surface area contributed by atoms with Crippen LogP contribution in [0, 0.1) is 0 Å². The predicted molar refractivity (Wildman–Crippen MR) is 84.8 cm³/mol. The normalized spacial score (nSPS) is 12.0. The lowest BCUT2D eigenvalue weighted by atomic mass is 10.2. The largest absolute Gasteiger partial charge is 0.373 e. The summed E-state index contributed by atoms with van der Waals surface area (Å²) < 4.78 is 0.780. The molecule has 0 aliphatic heterocycles. The van der Waals surface area contributed by atoms with E-state index in [0.717, 1.165) is 36.0 Å². The van der Waals surface area contributed by atoms with Crippen LogP contribution in [0.25, 0.3) is 0 Å². The average Bonchev–Trinajstić information content (AvgIpc) is 2.39. The third kappa shape index (κ3) is 5.41. The number of nitrogens with one attached hydrogen (secondary N) is 2. The minimum absolute atomic E-state index is 0.00276. The molecule has 0 spiro atoms. The Morgan fingerprint density at radius 1 is 1.42 bits per heavy atom. The van der Waals surface area contributed by atoms with Gasteiger partial charge in [0, 0.05) is 6.54 Å². The molecule has 3 nitrogen and oxygen atoms in total. The van der Waals surface area contributed by atoms with E-state index >= 15 is 0 Å². The van der Waals surface area contributed by atoms with E-state index in [2.05, 4.69) is 33.5 Å². The van der Waals surface area contributed by atoms with Crippen LogP contribution in [-0.2, 0) is 4.79 Å². The number of unbranched alkanes of at least 4 members (excludes halogenated alkanes) is 2. The molecule has 2 N–H and O–H groups in total. The van der Waals surface area contributed by atoms with Crippen LogP contribution in [0.3, 0.4) is 0 Å². The van der Waals surface area contributed by atoms with Gasteiger partial charge in [-0.2, -0.15) is 0 Å². The first-order chi connectivity index (χ1) is 9.06. The second kappa shape index (κ2) is 8.43. The number of rotatable bonds is 7. The second-order valence-corrected chi connectivity index (χ2v) is 5.67. The minimum Gasteiger partial charge on any atom is -0.373 e. The SMILES string of the molecule is CCCCCNC(=O)C(C)Nc1cccc(Cl)c1Br. The summed E-state index contributed by atoms with van der Waals surface area (Å²) in [7, 11) is 0. The van der Waals surface area contributed by atoms with Gasteiger partial charge < -0.3 is 10.6 Å². The maximum atomic E-state index is 11.9. The van der Waals surface area contributed by atoms with E-state index in [9.17, 15) is 4.79 Å². The summed E-state index contributed by atoms with van der Waals surface area (Å²) in [6.45, 7) is 4.71. The summed E-state index contributed by atoms with van der Waals surface area (Å²) in [5.74, 6) is 0.00276. The molecule has 1 unspecified atom stereocenters. The number of benzene rings is 1. The first kappa shape index (κ1) is 16.3. The van der Waals surface area contributed by atoms with Crippen molar-refractivity contribution < 1.29 is 4.79 Å². The molecule has 0 aliphatic rings. The molecule has 106 valence electrons. The number of anilines is 1. The van der Waals surface area contributed by atoms with Crippen LogP contribution in [-0.4, -0.2) is 18.5 Å². The molecule has 5 heteroatoms. The fraction of sp³-hybridized carbons (Fsp3) is 0.500. The van der Waals surface area contributed by atoms with Crippen LogP contribution < -0.4 is 10.6 Å². The van der Waals surface area contributed by atoms with E-state index in [1.807, 2.05) is 19.1 Å². The number of hydrogen-bond acceptors (Lipinski definition) is 2. The van der Waals surface area contributed by atoms with Gasteiger partial charge in [-0.3, -0.25) is 4.79 Å². The lowest BCUT2D eigenvalue weighted by molar-refractivity contribution is -0.121. The fourth-order valence-electron chi connectivity index (χ4n) is 1.65. The lowest BCUT2D eigenvalue weighted by Crippen LogP contribution is -2.38. The Labute approximate surface area is 128 Å². The van der Waals surface area contributed by atoms with E-state index in [1.54, 1.807) is 6.07 Å². The monoisotopic (exact) mass is 346 g/mol. The molecule has 0 radical (unpaired) electrons. The number of halogens is 2. The number of hydrogen-bond donors (Lipinski definition) is 2. The van der Waals surface area contributed by atoms with Gasteiger partial charge in [0.2, 0.25) is 5.91 Å². The lowest BCUT2D eigenvalue weighted by Gasteiger charge is -2.16. The molecule has 0 aliphatic carbocycles. The molecule has 0 saturated heterocycles. The Kier molecular flexibility index (Phi) is 7.24. The van der Waals surface area contributed by atoms with Gasteiger partial charge in [-0.05, 0) is 41.4 Å². The van der Waals surface area contributed by atoms with Gasteiger partial charge in [-0.25, -0.2) is 0 Å². The van der Waals surface area contributed by atoms with Gasteiger partial charge in [0.25, 0.3) is 0 Å². The number of carbonyl (C=O) groups is 1. The Balaban J connectivity index is 2.47. The summed E-state index contributed by atoms with van der Waals surface area (Å²) >= 11 is 9.41. The zero-order chi connectivity index (χ0) is 14.3. The summed E-state index contributed by atoms with van der Waals surface area (Å²) in [4.78, 5) is 11.9. The van der Waals surface area contributed by atoms with E-state index in [0.29, 0.717) is 5.02 Å². The number of amides is 1. The van der Waals surface area contributed by atoms with Crippen molar-refractivity contribution in [2.24, 2.45) is 0 Å². The highest BCUT2D eigenvalue weighted by Crippen LogP contribution is 2.30. The van der Waals surface area contributed by atoms with Gasteiger partial charge in [0.1, 0.15) is 6.04 Å². The molecule has 0 fully saturated rings. The van der Waals surface area contributed by atoms with Gasteiger partial charge in [-0.1, -0.05) is 37.4 Å². The molecule has 1 aromatic rings. The Hall–Kier alpha value is -0.740. The van der Waals surface area contributed by atoms with Crippen molar-refractivity contribution in [3.05, 3.63) is 27.7 Å². The molecule has 1 aromatic carbocycles. The van der Waals surface area contributed by atoms with E-state index in [4.69, 9.17) is 11.6 Å². The molecular weight excluding hydrogens is 328 g/mol. The Morgan fingerprint density at radius 3 is 2.84 bits per heavy atom. The highest BCUT2D eigenvalue weighted by atomic mass is 79.9. The summed E-state index contributed by atoms with van der Waals surface area (Å²) in [5, 5.41) is 6.70. The van der Waals surface area contributed by atoms with E-state index in [-0.39, 0.29) is 11.9 Å². The van der Waals surface area contributed by atoms with E-state index in [1.165, 1.54) is 0 Å². The molecule has 0 aromatic heterocycles. The molecular formula is C14H20BrClN2O. The summed E-state index contributed by atoms with van der Waals surface area (Å²) in [5.41, 5.74) is 0.823. The second-order valence-electron chi connectivity index (χ2n) is 4.47. The van der Waals surface area contributed by atoms with E-state index < -0.39 is 0 Å². The van der Waals surface area contributed by atoms with Crippen LogP contribution in [0.2, 0.25) is 5.02 Å². The Bertz CT molecular complexity index is 426. The molecule has 19 heavy (non-hydrogen) atoms. The van der Waals surface area contributed by atoms with Crippen molar-refractivity contribution in [2.75, 3.05) is 11.9 Å². The predicted octanol–water partition coefficient (Wildman–Crippen LogP) is 4.21. The van der Waals surface area contributed by atoms with Crippen molar-refractivity contribution in [3.8, 4) is 0 Å². The van der Waals surface area contributed by atoms with Gasteiger partial charge in [0.05, 0.1) is 15.2 Å². The molecule has 0 bridgehead atoms. The third-order valence-electron chi connectivity index (χ3n) is 2.80. The van der Waals surface area contributed by atoms with Crippen LogP contribution in [0.5, 0.6) is 0 Å². The van der Waals surface area contributed by atoms with Crippen molar-refractivity contribution in [1.29, 1.82) is 0 Å². The first-order valence-electron chi connectivity index (χ1n) is 6.54. The van der Waals surface area contributed by atoms with Crippen molar-refractivity contribution in [3.63, 3.8) is 0 Å². The summed E-state index contributed by atoms with van der Waals surface area (Å²) in [6, 6.07) is 5.24. The topological polar surface area (TPSA) is 41.1 Å².